The van der Waals surface area contributed by atoms with Crippen LogP contribution in [0.1, 0.15) is 32.3 Å². The normalized spacial score (nSPS) is 16.4. The van der Waals surface area contributed by atoms with Gasteiger partial charge >= 0.3 is 0 Å². The monoisotopic (exact) mass is 348 g/mol. The van der Waals surface area contributed by atoms with Crippen molar-refractivity contribution in [1.82, 2.24) is 10.2 Å². The van der Waals surface area contributed by atoms with Crippen LogP contribution in [0.2, 0.25) is 5.02 Å². The molecule has 0 bridgehead atoms. The van der Waals surface area contributed by atoms with Gasteiger partial charge in [-0.2, -0.15) is 0 Å². The first-order chi connectivity index (χ1) is 9.97. The molecule has 3 nitrogen and oxygen atoms in total. The molecule has 1 N–H and O–H groups in total. The van der Waals surface area contributed by atoms with Crippen molar-refractivity contribution < 1.29 is 9.18 Å². The van der Waals surface area contributed by atoms with Crippen molar-refractivity contribution in [3.63, 3.8) is 0 Å². The third-order valence-electron chi connectivity index (χ3n) is 4.02. The lowest BCUT2D eigenvalue weighted by Crippen LogP contribution is -2.47. The average Bonchev–Trinajstić information content (AvgIpc) is 2.43. The van der Waals surface area contributed by atoms with Gasteiger partial charge in [-0.15, -0.1) is 12.4 Å². The van der Waals surface area contributed by atoms with Gasteiger partial charge in [0.05, 0.1) is 6.42 Å². The number of piperidine rings is 1. The van der Waals surface area contributed by atoms with Crippen LogP contribution in [-0.4, -0.2) is 36.0 Å². The molecule has 1 heterocycles. The highest BCUT2D eigenvalue weighted by Gasteiger charge is 2.22. The number of rotatable bonds is 4. The van der Waals surface area contributed by atoms with Gasteiger partial charge < -0.3 is 10.2 Å². The molecule has 1 fully saturated rings. The van der Waals surface area contributed by atoms with Crippen molar-refractivity contribution in [2.45, 2.75) is 45.2 Å². The van der Waals surface area contributed by atoms with Gasteiger partial charge in [0.15, 0.2) is 0 Å². The van der Waals surface area contributed by atoms with Crippen LogP contribution in [0.4, 0.5) is 4.39 Å². The summed E-state index contributed by atoms with van der Waals surface area (Å²) in [5.41, 5.74) is 0.274. The minimum atomic E-state index is -0.424. The summed E-state index contributed by atoms with van der Waals surface area (Å²) in [7, 11) is 0. The predicted octanol–water partition coefficient (Wildman–Crippen LogP) is 3.43. The summed E-state index contributed by atoms with van der Waals surface area (Å²) < 4.78 is 13.7. The van der Waals surface area contributed by atoms with Gasteiger partial charge in [0.1, 0.15) is 5.82 Å². The molecule has 0 aromatic heterocycles. The first-order valence-corrected chi connectivity index (χ1v) is 7.81. The number of likely N-dealkylation sites (tertiary alicyclic amines) is 1. The molecule has 0 atom stereocenters. The van der Waals surface area contributed by atoms with Crippen LogP contribution >= 0.6 is 24.0 Å². The van der Waals surface area contributed by atoms with E-state index in [1.54, 1.807) is 12.1 Å². The molecule has 1 saturated heterocycles. The molecule has 0 aliphatic carbocycles. The summed E-state index contributed by atoms with van der Waals surface area (Å²) in [6, 6.07) is 5.20. The van der Waals surface area contributed by atoms with E-state index < -0.39 is 5.82 Å². The Labute approximate surface area is 142 Å². The molecular weight excluding hydrogens is 326 g/mol. The number of benzene rings is 1. The Bertz CT molecular complexity index is 483. The van der Waals surface area contributed by atoms with Crippen molar-refractivity contribution in [2.24, 2.45) is 0 Å². The zero-order valence-electron chi connectivity index (χ0n) is 12.9. The van der Waals surface area contributed by atoms with E-state index >= 15 is 0 Å². The summed E-state index contributed by atoms with van der Waals surface area (Å²) in [4.78, 5) is 14.4. The second kappa shape index (κ2) is 8.70. The molecule has 1 aliphatic rings. The van der Waals surface area contributed by atoms with Crippen LogP contribution in [0.15, 0.2) is 18.2 Å². The molecule has 0 spiro atoms. The highest BCUT2D eigenvalue weighted by atomic mass is 35.5. The number of nitrogens with zero attached hydrogens (tertiary/aromatic N) is 1. The summed E-state index contributed by atoms with van der Waals surface area (Å²) in [5.74, 6) is -0.586. The summed E-state index contributed by atoms with van der Waals surface area (Å²) >= 11 is 5.94. The predicted molar refractivity (Wildman–Crippen MR) is 90.2 cm³/mol. The van der Waals surface area contributed by atoms with E-state index in [1.165, 1.54) is 6.07 Å². The zero-order chi connectivity index (χ0) is 15.4. The number of halogens is 3. The van der Waals surface area contributed by atoms with E-state index in [9.17, 15) is 9.18 Å². The molecule has 6 heteroatoms. The van der Waals surface area contributed by atoms with Gasteiger partial charge in [0.2, 0.25) is 5.91 Å². The second-order valence-electron chi connectivity index (χ2n) is 5.85. The highest BCUT2D eigenvalue weighted by Crippen LogP contribution is 2.20. The van der Waals surface area contributed by atoms with Crippen LogP contribution in [-0.2, 0) is 11.2 Å². The topological polar surface area (TPSA) is 32.3 Å². The number of carbonyl (C=O) groups excluding carboxylic acids is 1. The Morgan fingerprint density at radius 3 is 2.59 bits per heavy atom. The summed E-state index contributed by atoms with van der Waals surface area (Å²) in [6.07, 6.45) is 1.87. The zero-order valence-corrected chi connectivity index (χ0v) is 14.5. The van der Waals surface area contributed by atoms with Gasteiger partial charge in [-0.1, -0.05) is 17.7 Å². The first-order valence-electron chi connectivity index (χ1n) is 7.43. The second-order valence-corrected chi connectivity index (χ2v) is 6.26. The lowest BCUT2D eigenvalue weighted by molar-refractivity contribution is -0.121. The van der Waals surface area contributed by atoms with Crippen LogP contribution in [0.25, 0.3) is 0 Å². The molecule has 1 aromatic carbocycles. The van der Waals surface area contributed by atoms with Crippen LogP contribution < -0.4 is 5.32 Å². The molecule has 22 heavy (non-hydrogen) atoms. The van der Waals surface area contributed by atoms with Crippen molar-refractivity contribution in [2.75, 3.05) is 13.1 Å². The molecule has 0 saturated carbocycles. The van der Waals surface area contributed by atoms with Gasteiger partial charge in [0.25, 0.3) is 0 Å². The van der Waals surface area contributed by atoms with Gasteiger partial charge in [-0.3, -0.25) is 4.79 Å². The van der Waals surface area contributed by atoms with E-state index in [0.29, 0.717) is 11.1 Å². The Morgan fingerprint density at radius 1 is 1.41 bits per heavy atom. The lowest BCUT2D eigenvalue weighted by Gasteiger charge is -2.34. The summed E-state index contributed by atoms with van der Waals surface area (Å²) in [5, 5.41) is 3.30. The van der Waals surface area contributed by atoms with Crippen molar-refractivity contribution >= 4 is 29.9 Å². The number of carbonyl (C=O) groups is 1. The fourth-order valence-electron chi connectivity index (χ4n) is 2.70. The molecular formula is C16H23Cl2FN2O. The Morgan fingerprint density at radius 2 is 2.05 bits per heavy atom. The van der Waals surface area contributed by atoms with Crippen LogP contribution in [0.5, 0.6) is 0 Å². The number of nitrogens with one attached hydrogen (secondary N) is 1. The fraction of sp³-hybridized carbons (Fsp3) is 0.562. The van der Waals surface area contributed by atoms with Gasteiger partial charge in [0, 0.05) is 35.8 Å². The minimum absolute atomic E-state index is 0. The van der Waals surface area contributed by atoms with E-state index in [1.807, 2.05) is 0 Å². The molecule has 0 unspecified atom stereocenters. The largest absolute Gasteiger partial charge is 0.353 e. The maximum Gasteiger partial charge on any atom is 0.224 e. The maximum atomic E-state index is 13.7. The van der Waals surface area contributed by atoms with E-state index in [4.69, 9.17) is 11.6 Å². The van der Waals surface area contributed by atoms with Crippen LogP contribution in [0.3, 0.4) is 0 Å². The van der Waals surface area contributed by atoms with Gasteiger partial charge in [-0.25, -0.2) is 4.39 Å². The fourth-order valence-corrected chi connectivity index (χ4v) is 2.93. The Kier molecular flexibility index (Phi) is 7.60. The molecule has 0 radical (unpaired) electrons. The molecule has 1 aromatic rings. The van der Waals surface area contributed by atoms with Crippen molar-refractivity contribution in [1.29, 1.82) is 0 Å². The number of amides is 1. The lowest BCUT2D eigenvalue weighted by atomic mass is 10.0. The highest BCUT2D eigenvalue weighted by molar-refractivity contribution is 6.31. The minimum Gasteiger partial charge on any atom is -0.353 e. The Hall–Kier alpha value is -0.840. The number of hydrogen-bond donors (Lipinski definition) is 1. The molecule has 1 amide bonds. The standard InChI is InChI=1S/C16H22ClFN2O.ClH/c1-11(2)20-8-6-12(7-9-20)19-16(21)10-13-14(17)4-3-5-15(13)18;/h3-5,11-12H,6-10H2,1-2H3,(H,19,21);1H. The van der Waals surface area contributed by atoms with Gasteiger partial charge in [-0.05, 0) is 38.8 Å². The number of hydrogen-bond acceptors (Lipinski definition) is 2. The summed E-state index contributed by atoms with van der Waals surface area (Å²) in [6.45, 7) is 6.34. The smallest absolute Gasteiger partial charge is 0.224 e. The van der Waals surface area contributed by atoms with E-state index in [0.717, 1.165) is 25.9 Å². The molecule has 1 aliphatic heterocycles. The van der Waals surface area contributed by atoms with E-state index in [-0.39, 0.29) is 36.3 Å². The Balaban J connectivity index is 0.00000242. The van der Waals surface area contributed by atoms with Crippen molar-refractivity contribution in [3.8, 4) is 0 Å². The maximum absolute atomic E-state index is 13.7. The van der Waals surface area contributed by atoms with Crippen molar-refractivity contribution in [3.05, 3.63) is 34.6 Å². The van der Waals surface area contributed by atoms with Crippen LogP contribution in [0, 0.1) is 5.82 Å². The average molecular weight is 349 g/mol. The molecule has 124 valence electrons. The molecule has 2 rings (SSSR count). The first kappa shape index (κ1) is 19.2. The SMILES string of the molecule is CC(C)N1CCC(NC(=O)Cc2c(F)cccc2Cl)CC1.Cl. The van der Waals surface area contributed by atoms with E-state index in [2.05, 4.69) is 24.1 Å². The quantitative estimate of drug-likeness (QED) is 0.903. The third-order valence-corrected chi connectivity index (χ3v) is 4.38. The third kappa shape index (κ3) is 5.11.